The van der Waals surface area contributed by atoms with E-state index in [1.54, 1.807) is 12.3 Å². The zero-order valence-corrected chi connectivity index (χ0v) is 13.6. The van der Waals surface area contributed by atoms with Gasteiger partial charge in [0.1, 0.15) is 6.42 Å². The summed E-state index contributed by atoms with van der Waals surface area (Å²) in [6.07, 6.45) is 2.38. The van der Waals surface area contributed by atoms with E-state index in [2.05, 4.69) is 34.2 Å². The van der Waals surface area contributed by atoms with Gasteiger partial charge in [0, 0.05) is 22.6 Å². The summed E-state index contributed by atoms with van der Waals surface area (Å²) in [5.41, 5.74) is 7.89. The van der Waals surface area contributed by atoms with Gasteiger partial charge < -0.3 is 4.57 Å². The van der Waals surface area contributed by atoms with Gasteiger partial charge in [-0.15, -0.1) is 0 Å². The van der Waals surface area contributed by atoms with E-state index in [9.17, 15) is 4.79 Å². The number of hydrogen-bond acceptors (Lipinski definition) is 3. The summed E-state index contributed by atoms with van der Waals surface area (Å²) in [7, 11) is 0. The van der Waals surface area contributed by atoms with Gasteiger partial charge in [-0.1, -0.05) is 25.1 Å². The van der Waals surface area contributed by atoms with Gasteiger partial charge in [-0.2, -0.15) is 10.4 Å². The van der Waals surface area contributed by atoms with Crippen LogP contribution < -0.4 is 5.43 Å². The number of carbonyl (C=O) groups excluding carboxylic acids is 1. The topological polar surface area (TPSA) is 70.2 Å². The van der Waals surface area contributed by atoms with Crippen molar-refractivity contribution >= 4 is 12.1 Å². The van der Waals surface area contributed by atoms with E-state index in [0.717, 1.165) is 29.1 Å². The minimum absolute atomic E-state index is 0.194. The second-order valence-electron chi connectivity index (χ2n) is 5.27. The number of nitrogens with one attached hydrogen (secondary N) is 1. The molecule has 23 heavy (non-hydrogen) atoms. The second-order valence-corrected chi connectivity index (χ2v) is 5.27. The van der Waals surface area contributed by atoms with Crippen LogP contribution in [0.5, 0.6) is 0 Å². The first-order valence-electron chi connectivity index (χ1n) is 7.54. The lowest BCUT2D eigenvalue weighted by Gasteiger charge is -2.13. The van der Waals surface area contributed by atoms with Crippen molar-refractivity contribution in [2.24, 2.45) is 5.10 Å². The molecule has 0 bridgehead atoms. The predicted molar refractivity (Wildman–Crippen MR) is 90.6 cm³/mol. The maximum atomic E-state index is 11.2. The van der Waals surface area contributed by atoms with Crippen molar-refractivity contribution in [1.82, 2.24) is 9.99 Å². The van der Waals surface area contributed by atoms with E-state index in [1.165, 1.54) is 5.56 Å². The standard InChI is InChI=1S/C18H20N4O/c1-4-15-7-5-6-8-17(15)22-13(2)11-16(14(22)3)12-20-21-18(23)9-10-19/h5-8,11-12H,4,9H2,1-3H3,(H,21,23)/b20-12-. The van der Waals surface area contributed by atoms with Crippen molar-refractivity contribution in [2.45, 2.75) is 33.6 Å². The van der Waals surface area contributed by atoms with Crippen LogP contribution in [0.4, 0.5) is 0 Å². The van der Waals surface area contributed by atoms with Gasteiger partial charge in [-0.05, 0) is 38.0 Å². The number of amides is 1. The third kappa shape index (κ3) is 3.67. The van der Waals surface area contributed by atoms with E-state index in [1.807, 2.05) is 32.0 Å². The number of para-hydroxylation sites is 1. The number of hydrogen-bond donors (Lipinski definition) is 1. The summed E-state index contributed by atoms with van der Waals surface area (Å²) >= 11 is 0. The molecule has 0 unspecified atom stereocenters. The monoisotopic (exact) mass is 308 g/mol. The minimum atomic E-state index is -0.408. The Kier molecular flexibility index (Phi) is 5.32. The first-order chi connectivity index (χ1) is 11.1. The molecule has 2 rings (SSSR count). The lowest BCUT2D eigenvalue weighted by Crippen LogP contribution is -2.16. The Labute approximate surface area is 136 Å². The summed E-state index contributed by atoms with van der Waals surface area (Å²) in [5.74, 6) is -0.408. The van der Waals surface area contributed by atoms with Crippen LogP contribution in [0.2, 0.25) is 0 Å². The SMILES string of the molecule is CCc1ccccc1-n1c(C)cc(/C=N\NC(=O)CC#N)c1C. The average molecular weight is 308 g/mol. The van der Waals surface area contributed by atoms with Gasteiger partial charge in [-0.25, -0.2) is 5.43 Å². The van der Waals surface area contributed by atoms with Crippen LogP contribution in [0, 0.1) is 25.2 Å². The van der Waals surface area contributed by atoms with Crippen LogP contribution >= 0.6 is 0 Å². The van der Waals surface area contributed by atoms with Gasteiger partial charge in [-0.3, -0.25) is 4.79 Å². The van der Waals surface area contributed by atoms with Gasteiger partial charge in [0.25, 0.3) is 5.91 Å². The number of hydrazone groups is 1. The highest BCUT2D eigenvalue weighted by Gasteiger charge is 2.11. The summed E-state index contributed by atoms with van der Waals surface area (Å²) in [4.78, 5) is 11.2. The van der Waals surface area contributed by atoms with Gasteiger partial charge in [0.2, 0.25) is 0 Å². The quantitative estimate of drug-likeness (QED) is 0.681. The fourth-order valence-electron chi connectivity index (χ4n) is 2.60. The summed E-state index contributed by atoms with van der Waals surface area (Å²) in [6.45, 7) is 6.21. The smallest absolute Gasteiger partial charge is 0.254 e. The average Bonchev–Trinajstić information content (AvgIpc) is 2.82. The van der Waals surface area contributed by atoms with E-state index >= 15 is 0 Å². The Morgan fingerprint density at radius 2 is 2.13 bits per heavy atom. The molecular formula is C18H20N4O. The largest absolute Gasteiger partial charge is 0.318 e. The van der Waals surface area contributed by atoms with Crippen LogP contribution in [0.25, 0.3) is 5.69 Å². The predicted octanol–water partition coefficient (Wildman–Crippen LogP) is 3.02. The molecular weight excluding hydrogens is 288 g/mol. The van der Waals surface area contributed by atoms with Crippen molar-refractivity contribution in [1.29, 1.82) is 5.26 Å². The third-order valence-corrected chi connectivity index (χ3v) is 3.72. The first kappa shape index (κ1) is 16.5. The fourth-order valence-corrected chi connectivity index (χ4v) is 2.60. The van der Waals surface area contributed by atoms with E-state index in [4.69, 9.17) is 5.26 Å². The molecule has 0 spiro atoms. The number of carbonyl (C=O) groups is 1. The number of nitriles is 1. The maximum absolute atomic E-state index is 11.2. The van der Waals surface area contributed by atoms with Crippen LogP contribution in [-0.2, 0) is 11.2 Å². The summed E-state index contributed by atoms with van der Waals surface area (Å²) < 4.78 is 2.19. The van der Waals surface area contributed by atoms with Crippen molar-refractivity contribution in [3.05, 3.63) is 52.8 Å². The Morgan fingerprint density at radius 1 is 1.39 bits per heavy atom. The van der Waals surface area contributed by atoms with Crippen LogP contribution in [0.1, 0.15) is 35.9 Å². The molecule has 0 fully saturated rings. The Balaban J connectivity index is 2.32. The molecule has 1 heterocycles. The highest BCUT2D eigenvalue weighted by molar-refractivity contribution is 5.84. The molecule has 0 aliphatic carbocycles. The highest BCUT2D eigenvalue weighted by atomic mass is 16.2. The molecule has 0 aliphatic heterocycles. The highest BCUT2D eigenvalue weighted by Crippen LogP contribution is 2.23. The van der Waals surface area contributed by atoms with Gasteiger partial charge in [0.15, 0.2) is 0 Å². The third-order valence-electron chi connectivity index (χ3n) is 3.72. The lowest BCUT2D eigenvalue weighted by atomic mass is 10.1. The molecule has 1 N–H and O–H groups in total. The minimum Gasteiger partial charge on any atom is -0.318 e. The van der Waals surface area contributed by atoms with E-state index in [-0.39, 0.29) is 6.42 Å². The molecule has 0 aliphatic rings. The lowest BCUT2D eigenvalue weighted by molar-refractivity contribution is -0.120. The summed E-state index contributed by atoms with van der Waals surface area (Å²) in [6, 6.07) is 12.1. The van der Waals surface area contributed by atoms with E-state index in [0.29, 0.717) is 0 Å². The number of benzene rings is 1. The number of nitrogens with zero attached hydrogens (tertiary/aromatic N) is 3. The number of aryl methyl sites for hydroxylation is 2. The van der Waals surface area contributed by atoms with Crippen LogP contribution in [0.3, 0.4) is 0 Å². The van der Waals surface area contributed by atoms with Gasteiger partial charge >= 0.3 is 0 Å². The molecule has 1 amide bonds. The molecule has 118 valence electrons. The van der Waals surface area contributed by atoms with Crippen LogP contribution in [-0.4, -0.2) is 16.7 Å². The zero-order chi connectivity index (χ0) is 16.8. The first-order valence-corrected chi connectivity index (χ1v) is 7.54. The molecule has 0 radical (unpaired) electrons. The molecule has 0 atom stereocenters. The Hall–Kier alpha value is -2.87. The molecule has 0 saturated carbocycles. The van der Waals surface area contributed by atoms with Crippen molar-refractivity contribution < 1.29 is 4.79 Å². The fraction of sp³-hybridized carbons (Fsp3) is 0.278. The van der Waals surface area contributed by atoms with Crippen molar-refractivity contribution in [2.75, 3.05) is 0 Å². The molecule has 2 aromatic rings. The number of rotatable bonds is 5. The maximum Gasteiger partial charge on any atom is 0.254 e. The molecule has 0 saturated heterocycles. The summed E-state index contributed by atoms with van der Waals surface area (Å²) in [5, 5.41) is 12.4. The Bertz CT molecular complexity index is 781. The normalized spacial score (nSPS) is 10.7. The zero-order valence-electron chi connectivity index (χ0n) is 13.6. The van der Waals surface area contributed by atoms with Crippen molar-refractivity contribution in [3.8, 4) is 11.8 Å². The molecule has 1 aromatic heterocycles. The molecule has 5 heteroatoms. The van der Waals surface area contributed by atoms with Crippen molar-refractivity contribution in [3.63, 3.8) is 0 Å². The second kappa shape index (κ2) is 7.41. The molecule has 5 nitrogen and oxygen atoms in total. The molecule has 1 aromatic carbocycles. The Morgan fingerprint density at radius 3 is 2.83 bits per heavy atom. The van der Waals surface area contributed by atoms with Gasteiger partial charge in [0.05, 0.1) is 12.3 Å². The van der Waals surface area contributed by atoms with E-state index < -0.39 is 5.91 Å². The van der Waals surface area contributed by atoms with Crippen LogP contribution in [0.15, 0.2) is 35.4 Å². The number of aromatic nitrogens is 1.